The summed E-state index contributed by atoms with van der Waals surface area (Å²) < 4.78 is 28.3. The summed E-state index contributed by atoms with van der Waals surface area (Å²) in [6.07, 6.45) is 5.13. The maximum atomic E-state index is 12.6. The lowest BCUT2D eigenvalue weighted by molar-refractivity contribution is -0.705. The van der Waals surface area contributed by atoms with Crippen LogP contribution in [-0.2, 0) is 14.8 Å². The number of hydrogen-bond acceptors (Lipinski definition) is 4. The van der Waals surface area contributed by atoms with E-state index in [4.69, 9.17) is 0 Å². The second kappa shape index (κ2) is 8.20. The molecule has 3 rings (SSSR count). The molecule has 0 aliphatic carbocycles. The Kier molecular flexibility index (Phi) is 5.90. The van der Waals surface area contributed by atoms with Crippen LogP contribution in [0.15, 0.2) is 53.7 Å². The van der Waals surface area contributed by atoms with Crippen LogP contribution >= 0.6 is 0 Å². The predicted molar refractivity (Wildman–Crippen MR) is 104 cm³/mol. The lowest BCUT2D eigenvalue weighted by atomic mass is 10.2. The van der Waals surface area contributed by atoms with Crippen molar-refractivity contribution in [2.24, 2.45) is 0 Å². The van der Waals surface area contributed by atoms with Gasteiger partial charge in [0.25, 0.3) is 5.91 Å². The minimum atomic E-state index is -3.47. The Morgan fingerprint density at radius 2 is 1.75 bits per heavy atom. The molecule has 2 heterocycles. The van der Waals surface area contributed by atoms with Crippen molar-refractivity contribution in [3.8, 4) is 0 Å². The number of nitrogens with zero attached hydrogens (tertiary/aromatic N) is 2. The summed E-state index contributed by atoms with van der Waals surface area (Å²) in [5.74, 6) is -0.336. The van der Waals surface area contributed by atoms with Gasteiger partial charge in [-0.25, -0.2) is 8.42 Å². The molecule has 1 aliphatic heterocycles. The third kappa shape index (κ3) is 4.28. The molecule has 1 aliphatic rings. The van der Waals surface area contributed by atoms with E-state index < -0.39 is 16.1 Å². The number of benzene rings is 1. The number of nitrogens with one attached hydrogen (secondary N) is 1. The van der Waals surface area contributed by atoms with Gasteiger partial charge in [-0.1, -0.05) is 0 Å². The summed E-state index contributed by atoms with van der Waals surface area (Å²) in [5.41, 5.74) is 1.04. The highest BCUT2D eigenvalue weighted by molar-refractivity contribution is 7.89. The van der Waals surface area contributed by atoms with Crippen molar-refractivity contribution >= 4 is 27.4 Å². The van der Waals surface area contributed by atoms with Crippen molar-refractivity contribution in [2.75, 3.05) is 18.4 Å². The molecule has 0 bridgehead atoms. The molecular weight excluding hydrogens is 378 g/mol. The molecule has 2 aromatic rings. The van der Waals surface area contributed by atoms with Crippen LogP contribution in [-0.4, -0.2) is 37.5 Å². The minimum Gasteiger partial charge on any atom is -0.320 e. The van der Waals surface area contributed by atoms with E-state index in [1.165, 1.54) is 23.4 Å². The third-order valence-corrected chi connectivity index (χ3v) is 6.79. The zero-order valence-corrected chi connectivity index (χ0v) is 16.8. The molecule has 1 saturated heterocycles. The topological polar surface area (TPSA) is 87.4 Å². The molecule has 1 atom stereocenters. The first-order chi connectivity index (χ1) is 13.3. The highest BCUT2D eigenvalue weighted by atomic mass is 32.2. The molecule has 1 N–H and O–H groups in total. The maximum Gasteiger partial charge on any atom is 0.293 e. The summed E-state index contributed by atoms with van der Waals surface area (Å²) in [6, 6.07) is 9.08. The monoisotopic (exact) mass is 402 g/mol. The lowest BCUT2D eigenvalue weighted by Crippen LogP contribution is -2.44. The number of anilines is 1. The molecule has 1 aromatic heterocycles. The Labute approximate surface area is 165 Å². The van der Waals surface area contributed by atoms with Crippen LogP contribution in [0.4, 0.5) is 5.69 Å². The Morgan fingerprint density at radius 3 is 2.36 bits per heavy atom. The van der Waals surface area contributed by atoms with Crippen molar-refractivity contribution in [3.05, 3.63) is 54.4 Å². The fourth-order valence-corrected chi connectivity index (χ4v) is 4.63. The van der Waals surface area contributed by atoms with Gasteiger partial charge in [-0.2, -0.15) is 8.87 Å². The van der Waals surface area contributed by atoms with E-state index in [0.29, 0.717) is 24.3 Å². The second-order valence-corrected chi connectivity index (χ2v) is 8.83. The summed E-state index contributed by atoms with van der Waals surface area (Å²) in [7, 11) is -3.47. The predicted octanol–water partition coefficient (Wildman–Crippen LogP) is 2.16. The van der Waals surface area contributed by atoms with Crippen molar-refractivity contribution < 1.29 is 22.6 Å². The van der Waals surface area contributed by atoms with E-state index in [9.17, 15) is 18.0 Å². The second-order valence-electron chi connectivity index (χ2n) is 6.90. The van der Waals surface area contributed by atoms with Gasteiger partial charge in [-0.05, 0) is 50.1 Å². The Balaban J connectivity index is 1.70. The zero-order chi connectivity index (χ0) is 20.3. The van der Waals surface area contributed by atoms with E-state index in [2.05, 4.69) is 5.32 Å². The summed E-state index contributed by atoms with van der Waals surface area (Å²) in [5, 5.41) is 2.78. The SMILES string of the molecule is CC(=O)c1ccc[n+]([C@H](C)C(=O)Nc2ccc(S(=O)(=O)N3CCCC3)cc2)c1. The number of carbonyl (C=O) groups excluding carboxylic acids is 2. The summed E-state index contributed by atoms with van der Waals surface area (Å²) in [6.45, 7) is 4.30. The van der Waals surface area contributed by atoms with Crippen LogP contribution in [0.2, 0.25) is 0 Å². The Hall–Kier alpha value is -2.58. The van der Waals surface area contributed by atoms with Gasteiger partial charge in [0.05, 0.1) is 10.5 Å². The molecule has 28 heavy (non-hydrogen) atoms. The number of carbonyl (C=O) groups is 2. The first kappa shape index (κ1) is 20.2. The number of Topliss-reactive ketones (excluding diaryl/α,β-unsaturated/α-hetero) is 1. The van der Waals surface area contributed by atoms with E-state index in [1.807, 2.05) is 0 Å². The molecule has 8 heteroatoms. The van der Waals surface area contributed by atoms with Crippen LogP contribution in [0.3, 0.4) is 0 Å². The van der Waals surface area contributed by atoms with E-state index in [1.54, 1.807) is 48.1 Å². The number of amides is 1. The number of rotatable bonds is 6. The molecular formula is C20H24N3O4S+. The number of aromatic nitrogens is 1. The lowest BCUT2D eigenvalue weighted by Gasteiger charge is -2.16. The third-order valence-electron chi connectivity index (χ3n) is 4.88. The summed E-state index contributed by atoms with van der Waals surface area (Å²) in [4.78, 5) is 24.3. The van der Waals surface area contributed by atoms with Gasteiger partial charge >= 0.3 is 0 Å². The first-order valence-electron chi connectivity index (χ1n) is 9.22. The molecule has 0 radical (unpaired) electrons. The fraction of sp³-hybridized carbons (Fsp3) is 0.350. The molecule has 0 unspecified atom stereocenters. The fourth-order valence-electron chi connectivity index (χ4n) is 3.11. The molecule has 0 spiro atoms. The number of ketones is 1. The molecule has 1 fully saturated rings. The van der Waals surface area contributed by atoms with Gasteiger partial charge in [0.1, 0.15) is 0 Å². The number of hydrogen-bond donors (Lipinski definition) is 1. The van der Waals surface area contributed by atoms with Crippen LogP contribution in [0, 0.1) is 0 Å². The molecule has 1 amide bonds. The number of sulfonamides is 1. The van der Waals surface area contributed by atoms with E-state index in [0.717, 1.165) is 12.8 Å². The van der Waals surface area contributed by atoms with Crippen molar-refractivity contribution in [1.82, 2.24) is 4.31 Å². The van der Waals surface area contributed by atoms with E-state index >= 15 is 0 Å². The highest BCUT2D eigenvalue weighted by Gasteiger charge is 2.27. The van der Waals surface area contributed by atoms with Crippen LogP contribution in [0.5, 0.6) is 0 Å². The van der Waals surface area contributed by atoms with Gasteiger partial charge in [0.15, 0.2) is 18.2 Å². The van der Waals surface area contributed by atoms with Crippen LogP contribution < -0.4 is 9.88 Å². The molecule has 1 aromatic carbocycles. The van der Waals surface area contributed by atoms with Crippen molar-refractivity contribution in [2.45, 2.75) is 37.6 Å². The van der Waals surface area contributed by atoms with Gasteiger partial charge in [0.2, 0.25) is 16.1 Å². The standard InChI is InChI=1S/C20H23N3O4S/c1-15(22-11-5-6-17(14-22)16(2)24)20(25)21-18-7-9-19(10-8-18)28(26,27)23-12-3-4-13-23/h5-11,14-15H,3-4,12-13H2,1-2H3/p+1/t15-/m1/s1. The van der Waals surface area contributed by atoms with Gasteiger partial charge in [0, 0.05) is 31.8 Å². The average Bonchev–Trinajstić information content (AvgIpc) is 3.23. The Bertz CT molecular complexity index is 981. The zero-order valence-electron chi connectivity index (χ0n) is 16.0. The highest BCUT2D eigenvalue weighted by Crippen LogP contribution is 2.22. The largest absolute Gasteiger partial charge is 0.320 e. The first-order valence-corrected chi connectivity index (χ1v) is 10.7. The van der Waals surface area contributed by atoms with Crippen molar-refractivity contribution in [3.63, 3.8) is 0 Å². The molecule has 0 saturated carbocycles. The quantitative estimate of drug-likeness (QED) is 0.593. The van der Waals surface area contributed by atoms with Gasteiger partial charge in [-0.15, -0.1) is 0 Å². The Morgan fingerprint density at radius 1 is 1.11 bits per heavy atom. The van der Waals surface area contributed by atoms with Gasteiger partial charge in [-0.3, -0.25) is 9.59 Å². The molecule has 148 valence electrons. The normalized spacial score (nSPS) is 15.9. The van der Waals surface area contributed by atoms with Gasteiger partial charge < -0.3 is 5.32 Å². The molecule has 7 nitrogen and oxygen atoms in total. The minimum absolute atomic E-state index is 0.0724. The summed E-state index contributed by atoms with van der Waals surface area (Å²) >= 11 is 0. The number of pyridine rings is 1. The van der Waals surface area contributed by atoms with Crippen LogP contribution in [0.1, 0.15) is 43.1 Å². The smallest absolute Gasteiger partial charge is 0.293 e. The average molecular weight is 402 g/mol. The maximum absolute atomic E-state index is 12.6. The van der Waals surface area contributed by atoms with Crippen LogP contribution in [0.25, 0.3) is 0 Å². The van der Waals surface area contributed by atoms with E-state index in [-0.39, 0.29) is 16.6 Å². The van der Waals surface area contributed by atoms with Crippen molar-refractivity contribution in [1.29, 1.82) is 0 Å².